The molecule has 1 aromatic carbocycles. The lowest BCUT2D eigenvalue weighted by Crippen LogP contribution is -2.08. The first-order chi connectivity index (χ1) is 8.04. The minimum atomic E-state index is -0.327. The number of aryl methyl sites for hydroxylation is 1. The molecule has 0 unspecified atom stereocenters. The maximum absolute atomic E-state index is 11.8. The van der Waals surface area contributed by atoms with Crippen LogP contribution in [-0.4, -0.2) is 18.4 Å². The summed E-state index contributed by atoms with van der Waals surface area (Å²) in [6.45, 7) is 4.05. The van der Waals surface area contributed by atoms with Gasteiger partial charge in [0.15, 0.2) is 5.78 Å². The van der Waals surface area contributed by atoms with Gasteiger partial charge in [0.2, 0.25) is 0 Å². The third kappa shape index (κ3) is 4.30. The first-order valence-corrected chi connectivity index (χ1v) is 6.29. The summed E-state index contributed by atoms with van der Waals surface area (Å²) in [7, 11) is 0. The Labute approximate surface area is 109 Å². The van der Waals surface area contributed by atoms with E-state index in [4.69, 9.17) is 4.74 Å². The number of carbonyl (C=O) groups is 2. The first-order valence-electron chi connectivity index (χ1n) is 5.49. The van der Waals surface area contributed by atoms with E-state index in [0.717, 1.165) is 10.0 Å². The molecule has 0 heterocycles. The highest BCUT2D eigenvalue weighted by molar-refractivity contribution is 9.10. The summed E-state index contributed by atoms with van der Waals surface area (Å²) in [6, 6.07) is 5.43. The number of hydrogen-bond donors (Lipinski definition) is 0. The van der Waals surface area contributed by atoms with Crippen LogP contribution >= 0.6 is 15.9 Å². The van der Waals surface area contributed by atoms with E-state index in [1.807, 2.05) is 13.0 Å². The van der Waals surface area contributed by atoms with Crippen molar-refractivity contribution in [3.63, 3.8) is 0 Å². The molecule has 1 rings (SSSR count). The van der Waals surface area contributed by atoms with Crippen molar-refractivity contribution < 1.29 is 14.3 Å². The van der Waals surface area contributed by atoms with E-state index in [-0.39, 0.29) is 24.6 Å². The summed E-state index contributed by atoms with van der Waals surface area (Å²) in [6.07, 6.45) is 0.326. The van der Waals surface area contributed by atoms with Crippen LogP contribution < -0.4 is 0 Å². The lowest BCUT2D eigenvalue weighted by atomic mass is 10.1. The Morgan fingerprint density at radius 2 is 2.00 bits per heavy atom. The van der Waals surface area contributed by atoms with Gasteiger partial charge in [-0.25, -0.2) is 0 Å². The van der Waals surface area contributed by atoms with Crippen LogP contribution in [0.3, 0.4) is 0 Å². The maximum atomic E-state index is 11.8. The lowest BCUT2D eigenvalue weighted by Gasteiger charge is -2.04. The molecule has 1 aromatic rings. The number of ketones is 1. The number of esters is 1. The van der Waals surface area contributed by atoms with Gasteiger partial charge >= 0.3 is 5.97 Å². The predicted molar refractivity (Wildman–Crippen MR) is 69.1 cm³/mol. The van der Waals surface area contributed by atoms with E-state index in [1.165, 1.54) is 0 Å². The van der Waals surface area contributed by atoms with Gasteiger partial charge < -0.3 is 4.74 Å². The molecular weight excluding hydrogens is 284 g/mol. The molecule has 0 atom stereocenters. The minimum Gasteiger partial charge on any atom is -0.466 e. The van der Waals surface area contributed by atoms with E-state index >= 15 is 0 Å². The smallest absolute Gasteiger partial charge is 0.306 e. The Hall–Kier alpha value is -1.16. The lowest BCUT2D eigenvalue weighted by molar-refractivity contribution is -0.143. The van der Waals surface area contributed by atoms with Crippen molar-refractivity contribution in [1.82, 2.24) is 0 Å². The van der Waals surface area contributed by atoms with Gasteiger partial charge in [-0.1, -0.05) is 28.1 Å². The Morgan fingerprint density at radius 3 is 2.59 bits per heavy atom. The molecule has 92 valence electrons. The molecule has 0 spiro atoms. The van der Waals surface area contributed by atoms with E-state index in [1.54, 1.807) is 19.1 Å². The zero-order valence-electron chi connectivity index (χ0n) is 9.96. The highest BCUT2D eigenvalue weighted by Gasteiger charge is 2.10. The molecule has 0 saturated heterocycles. The fourth-order valence-corrected chi connectivity index (χ4v) is 1.74. The molecule has 0 aliphatic carbocycles. The molecule has 0 N–H and O–H groups in total. The molecule has 0 fully saturated rings. The Balaban J connectivity index is 2.58. The molecular formula is C13H15BrO3. The molecule has 0 saturated carbocycles. The standard InChI is InChI=1S/C13H15BrO3/c1-3-17-13(16)7-6-12(15)10-5-4-9(2)11(14)8-10/h4-5,8H,3,6-7H2,1-2H3. The Morgan fingerprint density at radius 1 is 1.29 bits per heavy atom. The summed E-state index contributed by atoms with van der Waals surface area (Å²) in [5.41, 5.74) is 1.69. The average Bonchev–Trinajstić information content (AvgIpc) is 2.30. The molecule has 0 aromatic heterocycles. The topological polar surface area (TPSA) is 43.4 Å². The molecule has 3 nitrogen and oxygen atoms in total. The van der Waals surface area contributed by atoms with E-state index in [2.05, 4.69) is 15.9 Å². The van der Waals surface area contributed by atoms with E-state index < -0.39 is 0 Å². The summed E-state index contributed by atoms with van der Waals surface area (Å²) in [5, 5.41) is 0. The first kappa shape index (κ1) is 13.9. The van der Waals surface area contributed by atoms with E-state index in [0.29, 0.717) is 12.2 Å². The van der Waals surface area contributed by atoms with Gasteiger partial charge in [-0.15, -0.1) is 0 Å². The van der Waals surface area contributed by atoms with Crippen LogP contribution in [-0.2, 0) is 9.53 Å². The predicted octanol–water partition coefficient (Wildman–Crippen LogP) is 3.28. The second-order valence-electron chi connectivity index (χ2n) is 3.69. The van der Waals surface area contributed by atoms with Gasteiger partial charge in [-0.2, -0.15) is 0 Å². The van der Waals surface area contributed by atoms with Crippen molar-refractivity contribution in [2.45, 2.75) is 26.7 Å². The zero-order chi connectivity index (χ0) is 12.8. The SMILES string of the molecule is CCOC(=O)CCC(=O)c1ccc(C)c(Br)c1. The fourth-order valence-electron chi connectivity index (χ4n) is 1.36. The zero-order valence-corrected chi connectivity index (χ0v) is 11.5. The molecule has 0 aliphatic heterocycles. The van der Waals surface area contributed by atoms with Gasteiger partial charge in [0.05, 0.1) is 13.0 Å². The van der Waals surface area contributed by atoms with Crippen LogP contribution in [0.2, 0.25) is 0 Å². The van der Waals surface area contributed by atoms with Gasteiger partial charge in [0.1, 0.15) is 0 Å². The van der Waals surface area contributed by atoms with Crippen LogP contribution in [0.15, 0.2) is 22.7 Å². The van der Waals surface area contributed by atoms with Crippen molar-refractivity contribution in [2.24, 2.45) is 0 Å². The number of carbonyl (C=O) groups excluding carboxylic acids is 2. The molecule has 0 aliphatic rings. The largest absolute Gasteiger partial charge is 0.466 e. The molecule has 0 amide bonds. The number of hydrogen-bond acceptors (Lipinski definition) is 3. The monoisotopic (exact) mass is 298 g/mol. The summed E-state index contributed by atoms with van der Waals surface area (Å²) < 4.78 is 5.67. The summed E-state index contributed by atoms with van der Waals surface area (Å²) in [5.74, 6) is -0.370. The summed E-state index contributed by atoms with van der Waals surface area (Å²) >= 11 is 3.38. The van der Waals surface area contributed by atoms with Crippen LogP contribution in [0.4, 0.5) is 0 Å². The van der Waals surface area contributed by atoms with Gasteiger partial charge in [-0.3, -0.25) is 9.59 Å². The van der Waals surface area contributed by atoms with Gasteiger partial charge in [0.25, 0.3) is 0 Å². The third-order valence-corrected chi connectivity index (χ3v) is 3.21. The quantitative estimate of drug-likeness (QED) is 0.619. The average molecular weight is 299 g/mol. The van der Waals surface area contributed by atoms with Crippen molar-refractivity contribution in [3.8, 4) is 0 Å². The van der Waals surface area contributed by atoms with Crippen LogP contribution in [0.1, 0.15) is 35.7 Å². The highest BCUT2D eigenvalue weighted by atomic mass is 79.9. The third-order valence-electron chi connectivity index (χ3n) is 2.36. The number of halogens is 1. The number of ether oxygens (including phenoxy) is 1. The van der Waals surface area contributed by atoms with Gasteiger partial charge in [0, 0.05) is 16.5 Å². The Kier molecular flexibility index (Phi) is 5.35. The Bertz CT molecular complexity index is 427. The van der Waals surface area contributed by atoms with Crippen LogP contribution in [0.25, 0.3) is 0 Å². The highest BCUT2D eigenvalue weighted by Crippen LogP contribution is 2.18. The second kappa shape index (κ2) is 6.55. The normalized spacial score (nSPS) is 10.1. The number of Topliss-reactive ketones (excluding diaryl/α,β-unsaturated/α-hetero) is 1. The number of benzene rings is 1. The second-order valence-corrected chi connectivity index (χ2v) is 4.55. The van der Waals surface area contributed by atoms with Crippen molar-refractivity contribution in [1.29, 1.82) is 0 Å². The van der Waals surface area contributed by atoms with Crippen molar-refractivity contribution in [2.75, 3.05) is 6.61 Å². The van der Waals surface area contributed by atoms with Crippen molar-refractivity contribution in [3.05, 3.63) is 33.8 Å². The molecule has 17 heavy (non-hydrogen) atoms. The molecule has 0 bridgehead atoms. The van der Waals surface area contributed by atoms with Crippen molar-refractivity contribution >= 4 is 27.7 Å². The van der Waals surface area contributed by atoms with E-state index in [9.17, 15) is 9.59 Å². The minimum absolute atomic E-state index is 0.0428. The number of rotatable bonds is 5. The van der Waals surface area contributed by atoms with Crippen LogP contribution in [0, 0.1) is 6.92 Å². The maximum Gasteiger partial charge on any atom is 0.306 e. The molecule has 4 heteroatoms. The molecule has 0 radical (unpaired) electrons. The van der Waals surface area contributed by atoms with Crippen LogP contribution in [0.5, 0.6) is 0 Å². The summed E-state index contributed by atoms with van der Waals surface area (Å²) in [4.78, 5) is 22.9. The van der Waals surface area contributed by atoms with Gasteiger partial charge in [-0.05, 0) is 25.5 Å². The fraction of sp³-hybridized carbons (Fsp3) is 0.385.